The molecule has 2 heterocycles. The number of carbonyl (C=O) groups excluding carboxylic acids is 2. The number of rotatable bonds is 6. The average Bonchev–Trinajstić information content (AvgIpc) is 3.30. The third-order valence-electron chi connectivity index (χ3n) is 5.04. The minimum absolute atomic E-state index is 0.113. The Labute approximate surface area is 166 Å². The number of hydrogen-bond donors (Lipinski definition) is 3. The second-order valence-corrected chi connectivity index (χ2v) is 6.85. The summed E-state index contributed by atoms with van der Waals surface area (Å²) in [5.74, 6) is -0.790. The Balaban J connectivity index is 1.43. The molecule has 1 radical (unpaired) electrons. The van der Waals surface area contributed by atoms with E-state index in [-0.39, 0.29) is 12.4 Å². The van der Waals surface area contributed by atoms with E-state index in [2.05, 4.69) is 9.97 Å². The van der Waals surface area contributed by atoms with Gasteiger partial charge in [0, 0.05) is 40.7 Å². The SMILES string of the molecule is NC(=O)N(CCc1c[nH]c2ccc(F)cc12)C(=O)[CH]Cc1c[nH]c2ccccc12. The number of amides is 3. The molecule has 29 heavy (non-hydrogen) atoms. The molecule has 0 aliphatic rings. The van der Waals surface area contributed by atoms with Gasteiger partial charge in [0.05, 0.1) is 6.42 Å². The Morgan fingerprint density at radius 3 is 2.52 bits per heavy atom. The van der Waals surface area contributed by atoms with Crippen LogP contribution < -0.4 is 5.73 Å². The fourth-order valence-electron chi connectivity index (χ4n) is 3.53. The van der Waals surface area contributed by atoms with Crippen molar-refractivity contribution in [2.75, 3.05) is 6.54 Å². The molecule has 2 aromatic carbocycles. The van der Waals surface area contributed by atoms with E-state index in [4.69, 9.17) is 5.73 Å². The van der Waals surface area contributed by atoms with Crippen molar-refractivity contribution in [1.82, 2.24) is 14.9 Å². The van der Waals surface area contributed by atoms with E-state index >= 15 is 0 Å². The molecule has 0 bridgehead atoms. The Kier molecular flexibility index (Phi) is 5.03. The van der Waals surface area contributed by atoms with Gasteiger partial charge in [0.1, 0.15) is 5.82 Å². The van der Waals surface area contributed by atoms with E-state index in [0.29, 0.717) is 12.8 Å². The molecular formula is C22H20FN4O2. The van der Waals surface area contributed by atoms with Gasteiger partial charge in [-0.1, -0.05) is 18.2 Å². The standard InChI is InChI=1S/C22H20FN4O2/c23-16-6-7-20-18(11-16)15(13-26-20)9-10-27(22(24)29)21(28)8-5-14-12-25-19-4-2-1-3-17(14)19/h1-4,6-8,11-13,25-26H,5,9-10H2,(H2,24,29). The predicted molar refractivity (Wildman–Crippen MR) is 110 cm³/mol. The van der Waals surface area contributed by atoms with Gasteiger partial charge < -0.3 is 15.7 Å². The first-order valence-corrected chi connectivity index (χ1v) is 9.27. The molecule has 4 N–H and O–H groups in total. The number of aromatic amines is 2. The van der Waals surface area contributed by atoms with Gasteiger partial charge >= 0.3 is 6.03 Å². The number of nitrogens with one attached hydrogen (secondary N) is 2. The van der Waals surface area contributed by atoms with Crippen LogP contribution in [-0.4, -0.2) is 33.4 Å². The number of hydrogen-bond acceptors (Lipinski definition) is 2. The maximum atomic E-state index is 13.5. The van der Waals surface area contributed by atoms with Gasteiger partial charge in [-0.15, -0.1) is 0 Å². The van der Waals surface area contributed by atoms with Gasteiger partial charge in [-0.25, -0.2) is 9.18 Å². The lowest BCUT2D eigenvalue weighted by Crippen LogP contribution is -2.42. The third kappa shape index (κ3) is 3.85. The monoisotopic (exact) mass is 391 g/mol. The number of benzene rings is 2. The van der Waals surface area contributed by atoms with Gasteiger partial charge in [-0.05, 0) is 48.2 Å². The fraction of sp³-hybridized carbons (Fsp3) is 0.136. The number of halogens is 1. The van der Waals surface area contributed by atoms with Crippen LogP contribution in [0.25, 0.3) is 21.8 Å². The molecule has 2 aromatic heterocycles. The highest BCUT2D eigenvalue weighted by molar-refractivity contribution is 5.98. The molecule has 4 aromatic rings. The Morgan fingerprint density at radius 2 is 1.72 bits per heavy atom. The number of imide groups is 1. The largest absolute Gasteiger partial charge is 0.361 e. The van der Waals surface area contributed by atoms with Crippen LogP contribution in [0.2, 0.25) is 0 Å². The van der Waals surface area contributed by atoms with E-state index in [9.17, 15) is 14.0 Å². The number of nitrogens with two attached hydrogens (primary N) is 1. The minimum atomic E-state index is -0.809. The summed E-state index contributed by atoms with van der Waals surface area (Å²) in [6, 6.07) is 11.4. The lowest BCUT2D eigenvalue weighted by Gasteiger charge is -2.18. The molecule has 147 valence electrons. The second-order valence-electron chi connectivity index (χ2n) is 6.85. The van der Waals surface area contributed by atoms with Gasteiger partial charge in [-0.2, -0.15) is 0 Å². The maximum Gasteiger partial charge on any atom is 0.321 e. The highest BCUT2D eigenvalue weighted by Gasteiger charge is 2.20. The van der Waals surface area contributed by atoms with Gasteiger partial charge in [-0.3, -0.25) is 9.69 Å². The zero-order valence-corrected chi connectivity index (χ0v) is 15.6. The summed E-state index contributed by atoms with van der Waals surface area (Å²) in [5.41, 5.74) is 8.99. The number of primary amides is 1. The summed E-state index contributed by atoms with van der Waals surface area (Å²) in [6.45, 7) is 0.113. The molecule has 3 amide bonds. The molecular weight excluding hydrogens is 371 g/mol. The van der Waals surface area contributed by atoms with Gasteiger partial charge in [0.25, 0.3) is 0 Å². The number of H-pyrrole nitrogens is 2. The van der Waals surface area contributed by atoms with E-state index in [1.54, 1.807) is 12.3 Å². The molecule has 0 atom stereocenters. The number of fused-ring (bicyclic) bond motifs is 2. The first kappa shape index (κ1) is 18.7. The molecule has 0 aliphatic heterocycles. The maximum absolute atomic E-state index is 13.5. The zero-order chi connectivity index (χ0) is 20.4. The van der Waals surface area contributed by atoms with Crippen molar-refractivity contribution in [1.29, 1.82) is 0 Å². The van der Waals surface area contributed by atoms with E-state index < -0.39 is 11.9 Å². The Morgan fingerprint density at radius 1 is 1.00 bits per heavy atom. The average molecular weight is 391 g/mol. The van der Waals surface area contributed by atoms with Crippen molar-refractivity contribution in [2.24, 2.45) is 5.73 Å². The highest BCUT2D eigenvalue weighted by atomic mass is 19.1. The lowest BCUT2D eigenvalue weighted by atomic mass is 10.1. The lowest BCUT2D eigenvalue weighted by molar-refractivity contribution is -0.124. The summed E-state index contributed by atoms with van der Waals surface area (Å²) < 4.78 is 13.5. The van der Waals surface area contributed by atoms with Crippen LogP contribution in [0.3, 0.4) is 0 Å². The van der Waals surface area contributed by atoms with Crippen LogP contribution in [0, 0.1) is 12.2 Å². The van der Waals surface area contributed by atoms with Gasteiger partial charge in [0.2, 0.25) is 5.91 Å². The summed E-state index contributed by atoms with van der Waals surface area (Å²) in [7, 11) is 0. The first-order chi connectivity index (χ1) is 14.0. The van der Waals surface area contributed by atoms with Crippen LogP contribution in [0.15, 0.2) is 54.9 Å². The van der Waals surface area contributed by atoms with Crippen molar-refractivity contribution in [3.05, 3.63) is 78.2 Å². The van der Waals surface area contributed by atoms with Gasteiger partial charge in [0.15, 0.2) is 0 Å². The molecule has 0 saturated heterocycles. The zero-order valence-electron chi connectivity index (χ0n) is 15.6. The highest BCUT2D eigenvalue weighted by Crippen LogP contribution is 2.21. The Bertz CT molecular complexity index is 1190. The summed E-state index contributed by atoms with van der Waals surface area (Å²) in [5, 5.41) is 1.76. The summed E-state index contributed by atoms with van der Waals surface area (Å²) >= 11 is 0. The summed E-state index contributed by atoms with van der Waals surface area (Å²) in [4.78, 5) is 31.6. The fourth-order valence-corrected chi connectivity index (χ4v) is 3.53. The smallest absolute Gasteiger partial charge is 0.321 e. The van der Waals surface area contributed by atoms with Crippen LogP contribution in [-0.2, 0) is 17.6 Å². The van der Waals surface area contributed by atoms with E-state index in [1.165, 1.54) is 18.6 Å². The quantitative estimate of drug-likeness (QED) is 0.467. The second kappa shape index (κ2) is 7.79. The van der Waals surface area contributed by atoms with Crippen LogP contribution >= 0.6 is 0 Å². The molecule has 0 spiro atoms. The van der Waals surface area contributed by atoms with Crippen molar-refractivity contribution in [3.63, 3.8) is 0 Å². The molecule has 0 saturated carbocycles. The number of para-hydroxylation sites is 1. The molecule has 0 aliphatic carbocycles. The Hall–Kier alpha value is -3.61. The van der Waals surface area contributed by atoms with E-state index in [1.807, 2.05) is 30.5 Å². The van der Waals surface area contributed by atoms with Crippen molar-refractivity contribution in [3.8, 4) is 0 Å². The van der Waals surface area contributed by atoms with Crippen LogP contribution in [0.5, 0.6) is 0 Å². The number of aromatic nitrogens is 2. The normalized spacial score (nSPS) is 11.2. The molecule has 7 heteroatoms. The number of urea groups is 1. The van der Waals surface area contributed by atoms with Crippen molar-refractivity contribution >= 4 is 33.7 Å². The summed E-state index contributed by atoms with van der Waals surface area (Å²) in [6.07, 6.45) is 5.81. The topological polar surface area (TPSA) is 95.0 Å². The molecule has 6 nitrogen and oxygen atoms in total. The number of nitrogens with zero attached hydrogens (tertiary/aromatic N) is 1. The molecule has 0 unspecified atom stereocenters. The van der Waals surface area contributed by atoms with Crippen LogP contribution in [0.1, 0.15) is 11.1 Å². The van der Waals surface area contributed by atoms with Crippen molar-refractivity contribution < 1.29 is 14.0 Å². The van der Waals surface area contributed by atoms with E-state index in [0.717, 1.165) is 37.8 Å². The third-order valence-corrected chi connectivity index (χ3v) is 5.04. The minimum Gasteiger partial charge on any atom is -0.361 e. The van der Waals surface area contributed by atoms with Crippen molar-refractivity contribution in [2.45, 2.75) is 12.8 Å². The molecule has 4 rings (SSSR count). The molecule has 0 fully saturated rings. The first-order valence-electron chi connectivity index (χ1n) is 9.27. The van der Waals surface area contributed by atoms with Crippen LogP contribution in [0.4, 0.5) is 9.18 Å². The predicted octanol–water partition coefficient (Wildman–Crippen LogP) is 3.69. The number of carbonyl (C=O) groups is 2.